The zero-order chi connectivity index (χ0) is 30.3. The first-order valence-corrected chi connectivity index (χ1v) is 17.8. The van der Waals surface area contributed by atoms with Gasteiger partial charge >= 0.3 is 38.2 Å². The van der Waals surface area contributed by atoms with Gasteiger partial charge < -0.3 is 17.7 Å². The van der Waals surface area contributed by atoms with E-state index in [0.29, 0.717) is 36.1 Å². The molecule has 8 nitrogen and oxygen atoms in total. The summed E-state index contributed by atoms with van der Waals surface area (Å²) >= 11 is 0. The molecular formula is C30H44O8PtSi2+2. The second kappa shape index (κ2) is 19.3. The maximum absolute atomic E-state index is 12.7. The predicted octanol–water partition coefficient (Wildman–Crippen LogP) is 5.94. The van der Waals surface area contributed by atoms with Crippen LogP contribution in [0, 0.1) is 0 Å². The van der Waals surface area contributed by atoms with Gasteiger partial charge in [-0.1, -0.05) is 88.4 Å². The van der Waals surface area contributed by atoms with Crippen molar-refractivity contribution in [1.29, 1.82) is 0 Å². The fraction of sp³-hybridized carbons (Fsp3) is 0.467. The van der Waals surface area contributed by atoms with Gasteiger partial charge in [-0.3, -0.25) is 19.2 Å². The molecule has 41 heavy (non-hydrogen) atoms. The number of carbonyl (C=O) groups excluding carboxylic acids is 4. The molecule has 0 spiro atoms. The molecule has 0 N–H and O–H groups in total. The van der Waals surface area contributed by atoms with Crippen LogP contribution in [0.3, 0.4) is 0 Å². The van der Waals surface area contributed by atoms with E-state index in [-0.39, 0.29) is 44.2 Å². The molecule has 2 atom stereocenters. The van der Waals surface area contributed by atoms with Crippen LogP contribution in [0.5, 0.6) is 0 Å². The molecule has 0 aromatic heterocycles. The summed E-state index contributed by atoms with van der Waals surface area (Å²) in [7, 11) is 0.333. The zero-order valence-corrected chi connectivity index (χ0v) is 29.6. The summed E-state index contributed by atoms with van der Waals surface area (Å²) in [6.07, 6.45) is 0.593. The third-order valence-electron chi connectivity index (χ3n) is 7.23. The van der Waals surface area contributed by atoms with E-state index in [4.69, 9.17) is 17.7 Å². The van der Waals surface area contributed by atoms with E-state index in [1.165, 1.54) is 28.4 Å². The van der Waals surface area contributed by atoms with Crippen LogP contribution in [-0.2, 0) is 48.4 Å². The molecule has 11 heteroatoms. The van der Waals surface area contributed by atoms with E-state index in [9.17, 15) is 19.2 Å². The number of ketones is 4. The molecule has 0 saturated heterocycles. The molecule has 0 bridgehead atoms. The second-order valence-corrected chi connectivity index (χ2v) is 16.6. The summed E-state index contributed by atoms with van der Waals surface area (Å²) in [5, 5.41) is 0. The predicted molar refractivity (Wildman–Crippen MR) is 160 cm³/mol. The number of Topliss-reactive ketones (excluding diaryl/α,β-unsaturated/α-hetero) is 4. The van der Waals surface area contributed by atoms with Crippen LogP contribution in [0.4, 0.5) is 0 Å². The number of hydrogen-bond acceptors (Lipinski definition) is 8. The summed E-state index contributed by atoms with van der Waals surface area (Å²) in [6.45, 7) is 7.31. The molecule has 2 unspecified atom stereocenters. The fourth-order valence-electron chi connectivity index (χ4n) is 4.75. The Bertz CT molecular complexity index is 986. The fourth-order valence-corrected chi connectivity index (χ4v) is 10.5. The molecule has 0 saturated carbocycles. The van der Waals surface area contributed by atoms with Crippen molar-refractivity contribution in [2.45, 2.75) is 63.7 Å². The summed E-state index contributed by atoms with van der Waals surface area (Å²) in [5.74, 6) is -0.628. The Morgan fingerprint density at radius 1 is 0.561 bits per heavy atom. The van der Waals surface area contributed by atoms with Crippen LogP contribution in [-0.4, -0.2) is 68.7 Å². The van der Waals surface area contributed by atoms with Crippen molar-refractivity contribution in [2.75, 3.05) is 28.4 Å². The molecule has 0 fully saturated rings. The quantitative estimate of drug-likeness (QED) is 0.117. The first-order chi connectivity index (χ1) is 19.1. The van der Waals surface area contributed by atoms with E-state index in [0.717, 1.165) is 0 Å². The average Bonchev–Trinajstić information content (AvgIpc) is 3.02. The van der Waals surface area contributed by atoms with Crippen molar-refractivity contribution in [3.8, 4) is 0 Å². The molecule has 2 aromatic rings. The maximum atomic E-state index is 12.7. The maximum Gasteiger partial charge on any atom is 2.00 e. The molecule has 2 rings (SSSR count). The Kier molecular flexibility index (Phi) is 18.4. The third-order valence-corrected chi connectivity index (χ3v) is 14.9. The Hall–Kier alpha value is -1.92. The minimum absolute atomic E-state index is 0. The minimum atomic E-state index is -2.88. The van der Waals surface area contributed by atoms with Crippen molar-refractivity contribution < 1.29 is 57.9 Å². The van der Waals surface area contributed by atoms with Gasteiger partial charge in [-0.2, -0.15) is 0 Å². The van der Waals surface area contributed by atoms with Gasteiger partial charge in [0.15, 0.2) is 11.6 Å². The van der Waals surface area contributed by atoms with Crippen molar-refractivity contribution >= 4 is 40.3 Å². The van der Waals surface area contributed by atoms with Crippen LogP contribution in [0.25, 0.3) is 0 Å². The molecule has 0 aliphatic heterocycles. The number of hydrogen-bond donors (Lipinski definition) is 0. The molecule has 0 amide bonds. The normalized spacial score (nSPS) is 12.7. The Morgan fingerprint density at radius 2 is 0.829 bits per heavy atom. The van der Waals surface area contributed by atoms with E-state index in [2.05, 4.69) is 0 Å². The van der Waals surface area contributed by atoms with E-state index in [1.54, 1.807) is 62.4 Å². The van der Waals surface area contributed by atoms with Crippen LogP contribution in [0.1, 0.15) is 61.3 Å². The average molecular weight is 784 g/mol. The molecule has 0 aliphatic rings. The van der Waals surface area contributed by atoms with E-state index in [1.807, 2.05) is 26.0 Å². The van der Waals surface area contributed by atoms with Gasteiger partial charge in [-0.05, 0) is 12.1 Å². The number of benzene rings is 2. The topological polar surface area (TPSA) is 105 Å². The number of carbonyl (C=O) groups is 4. The van der Waals surface area contributed by atoms with Crippen LogP contribution in [0.15, 0.2) is 60.7 Å². The van der Waals surface area contributed by atoms with Gasteiger partial charge in [0.05, 0.1) is 0 Å². The van der Waals surface area contributed by atoms with Gasteiger partial charge in [-0.15, -0.1) is 0 Å². The summed E-state index contributed by atoms with van der Waals surface area (Å²) in [4.78, 5) is 50.1. The molecule has 0 radical (unpaired) electrons. The van der Waals surface area contributed by atoms with Crippen LogP contribution >= 0.6 is 0 Å². The Balaban J connectivity index is 0.000000762. The minimum Gasteiger partial charge on any atom is -0.397 e. The summed E-state index contributed by atoms with van der Waals surface area (Å²) < 4.78 is 22.2. The van der Waals surface area contributed by atoms with Crippen molar-refractivity contribution in [1.82, 2.24) is 0 Å². The molecule has 2 aromatic carbocycles. The zero-order valence-electron chi connectivity index (χ0n) is 25.3. The van der Waals surface area contributed by atoms with Crippen molar-refractivity contribution in [3.05, 3.63) is 71.8 Å². The van der Waals surface area contributed by atoms with E-state index >= 15 is 0 Å². The number of rotatable bonds is 16. The van der Waals surface area contributed by atoms with Gasteiger partial charge in [0.1, 0.15) is 22.6 Å². The van der Waals surface area contributed by atoms with Gasteiger partial charge in [0.25, 0.3) is 0 Å². The first-order valence-electron chi connectivity index (χ1n) is 13.6. The SMILES string of the molecule is CCC(=O)C(C(=O)c1ccccc1)[Si](CC)(OC)OC.CCC(=O)C(C(=O)c1ccccc1)[Si](CC)(OC)OC.[Pt+2]. The smallest absolute Gasteiger partial charge is 0.397 e. The molecule has 228 valence electrons. The van der Waals surface area contributed by atoms with Gasteiger partial charge in [0.2, 0.25) is 0 Å². The van der Waals surface area contributed by atoms with Crippen molar-refractivity contribution in [2.24, 2.45) is 0 Å². The molecule has 0 heterocycles. The van der Waals surface area contributed by atoms with E-state index < -0.39 is 28.2 Å². The van der Waals surface area contributed by atoms with Crippen molar-refractivity contribution in [3.63, 3.8) is 0 Å². The van der Waals surface area contributed by atoms with Gasteiger partial charge in [0, 0.05) is 52.4 Å². The standard InChI is InChI=1S/2C15H22O4Si.Pt/c2*1-5-13(16)15(20(6-2,18-3)19-4)14(17)12-10-8-7-9-11-12;/h2*7-11,15H,5-6H2,1-4H3;/q;;+2. The first kappa shape index (κ1) is 39.1. The monoisotopic (exact) mass is 783 g/mol. The van der Waals surface area contributed by atoms with Crippen LogP contribution < -0.4 is 0 Å². The Labute approximate surface area is 261 Å². The largest absolute Gasteiger partial charge is 2.00 e. The van der Waals surface area contributed by atoms with Gasteiger partial charge in [-0.25, -0.2) is 0 Å². The molecular weight excluding hydrogens is 740 g/mol. The molecule has 0 aliphatic carbocycles. The summed E-state index contributed by atoms with van der Waals surface area (Å²) in [5.41, 5.74) is -0.567. The third kappa shape index (κ3) is 9.54. The Morgan fingerprint density at radius 3 is 1.02 bits per heavy atom. The second-order valence-electron chi connectivity index (χ2n) is 9.11. The van der Waals surface area contributed by atoms with Crippen LogP contribution in [0.2, 0.25) is 23.2 Å². The summed E-state index contributed by atoms with van der Waals surface area (Å²) in [6, 6.07) is 18.8.